The predicted octanol–water partition coefficient (Wildman–Crippen LogP) is 1.26. The number of nitrogens with zero attached hydrogens (tertiary/aromatic N) is 2. The topological polar surface area (TPSA) is 92.4 Å². The molecule has 0 saturated carbocycles. The van der Waals surface area contributed by atoms with Crippen LogP contribution in [0, 0.1) is 0 Å². The van der Waals surface area contributed by atoms with Crippen molar-refractivity contribution in [2.75, 3.05) is 6.54 Å². The highest BCUT2D eigenvalue weighted by molar-refractivity contribution is 6.31. The first-order chi connectivity index (χ1) is 8.63. The van der Waals surface area contributed by atoms with Crippen molar-refractivity contribution in [3.05, 3.63) is 29.0 Å². The summed E-state index contributed by atoms with van der Waals surface area (Å²) in [7, 11) is 0. The monoisotopic (exact) mass is 269 g/mol. The van der Waals surface area contributed by atoms with Gasteiger partial charge in [-0.05, 0) is 18.6 Å². The van der Waals surface area contributed by atoms with Gasteiger partial charge in [0.2, 0.25) is 0 Å². The summed E-state index contributed by atoms with van der Waals surface area (Å²) in [6, 6.07) is 2.82. The first kappa shape index (κ1) is 14.2. The van der Waals surface area contributed by atoms with Crippen LogP contribution in [0.15, 0.2) is 23.3 Å². The van der Waals surface area contributed by atoms with Crippen LogP contribution in [0.1, 0.15) is 19.0 Å². The molecule has 0 aliphatic heterocycles. The smallest absolute Gasteiger partial charge is 0.318 e. The zero-order chi connectivity index (χ0) is 13.4. The fourth-order valence-corrected chi connectivity index (χ4v) is 1.37. The molecule has 0 unspecified atom stereocenters. The highest BCUT2D eigenvalue weighted by Gasteiger charge is 2.03. The second-order valence-corrected chi connectivity index (χ2v) is 3.92. The number of guanidine groups is 1. The molecule has 1 heterocycles. The van der Waals surface area contributed by atoms with Crippen LogP contribution in [-0.4, -0.2) is 23.5 Å². The zero-order valence-electron chi connectivity index (χ0n) is 10.1. The Labute approximate surface area is 111 Å². The second-order valence-electron chi connectivity index (χ2n) is 3.51. The summed E-state index contributed by atoms with van der Waals surface area (Å²) in [5, 5.41) is 5.91. The molecule has 1 aromatic heterocycles. The van der Waals surface area contributed by atoms with Crippen molar-refractivity contribution in [2.45, 2.75) is 19.9 Å². The molecular weight excluding hydrogens is 254 g/mol. The number of rotatable bonds is 4. The van der Waals surface area contributed by atoms with Gasteiger partial charge >= 0.3 is 6.03 Å². The van der Waals surface area contributed by atoms with Gasteiger partial charge in [0.05, 0.1) is 17.3 Å². The minimum Gasteiger partial charge on any atom is -0.356 e. The summed E-state index contributed by atoms with van der Waals surface area (Å²) in [4.78, 5) is 19.1. The van der Waals surface area contributed by atoms with Gasteiger partial charge in [0, 0.05) is 12.7 Å². The number of aromatic nitrogens is 1. The summed E-state index contributed by atoms with van der Waals surface area (Å²) in [5.74, 6) is 0.325. The summed E-state index contributed by atoms with van der Waals surface area (Å²) >= 11 is 5.95. The Morgan fingerprint density at radius 2 is 2.39 bits per heavy atom. The molecular formula is C11H16ClN5O. The second kappa shape index (κ2) is 7.50. The van der Waals surface area contributed by atoms with E-state index in [1.807, 2.05) is 6.92 Å². The van der Waals surface area contributed by atoms with Gasteiger partial charge in [0.25, 0.3) is 0 Å². The van der Waals surface area contributed by atoms with Crippen LogP contribution in [0.4, 0.5) is 4.79 Å². The normalized spacial score (nSPS) is 11.1. The van der Waals surface area contributed by atoms with Gasteiger partial charge in [0.15, 0.2) is 5.96 Å². The highest BCUT2D eigenvalue weighted by atomic mass is 35.5. The number of nitrogens with two attached hydrogens (primary N) is 1. The third-order valence-corrected chi connectivity index (χ3v) is 2.35. The van der Waals surface area contributed by atoms with Gasteiger partial charge in [0.1, 0.15) is 0 Å². The molecule has 0 atom stereocenters. The molecule has 0 aliphatic carbocycles. The number of hydrogen-bond acceptors (Lipinski definition) is 3. The lowest BCUT2D eigenvalue weighted by molar-refractivity contribution is 0.253. The number of urea groups is 1. The van der Waals surface area contributed by atoms with E-state index in [-0.39, 0.29) is 6.54 Å². The van der Waals surface area contributed by atoms with Gasteiger partial charge in [-0.25, -0.2) is 9.79 Å². The maximum atomic E-state index is 10.8. The predicted molar refractivity (Wildman–Crippen MR) is 71.4 cm³/mol. The van der Waals surface area contributed by atoms with Crippen LogP contribution in [0.5, 0.6) is 0 Å². The zero-order valence-corrected chi connectivity index (χ0v) is 10.9. The first-order valence-electron chi connectivity index (χ1n) is 5.57. The summed E-state index contributed by atoms with van der Waals surface area (Å²) in [6.07, 6.45) is 2.54. The number of carbonyl (C=O) groups excluding carboxylic acids is 1. The van der Waals surface area contributed by atoms with Gasteiger partial charge in [-0.15, -0.1) is 0 Å². The molecule has 0 radical (unpaired) electrons. The maximum Gasteiger partial charge on any atom is 0.318 e. The Morgan fingerprint density at radius 1 is 1.61 bits per heavy atom. The molecule has 0 aliphatic rings. The van der Waals surface area contributed by atoms with Crippen molar-refractivity contribution in [3.63, 3.8) is 0 Å². The summed E-state index contributed by atoms with van der Waals surface area (Å²) < 4.78 is 0. The molecule has 98 valence electrons. The van der Waals surface area contributed by atoms with Crippen LogP contribution in [0.25, 0.3) is 0 Å². The van der Waals surface area contributed by atoms with Crippen molar-refractivity contribution < 1.29 is 4.79 Å². The molecule has 0 saturated heterocycles. The van der Waals surface area contributed by atoms with E-state index >= 15 is 0 Å². The third-order valence-electron chi connectivity index (χ3n) is 2.01. The quantitative estimate of drug-likeness (QED) is 0.567. The molecule has 0 bridgehead atoms. The molecule has 18 heavy (non-hydrogen) atoms. The number of amides is 2. The molecule has 0 aromatic carbocycles. The lowest BCUT2D eigenvalue weighted by Crippen LogP contribution is -2.43. The van der Waals surface area contributed by atoms with E-state index in [4.69, 9.17) is 17.3 Å². The summed E-state index contributed by atoms with van der Waals surface area (Å²) in [6.45, 7) is 2.96. The average molecular weight is 270 g/mol. The van der Waals surface area contributed by atoms with E-state index in [1.165, 1.54) is 0 Å². The van der Waals surface area contributed by atoms with E-state index < -0.39 is 6.03 Å². The number of hydrogen-bond donors (Lipinski definition) is 3. The Bertz CT molecular complexity index is 435. The number of primary amides is 1. The first-order valence-corrected chi connectivity index (χ1v) is 5.95. The van der Waals surface area contributed by atoms with E-state index in [9.17, 15) is 4.79 Å². The lowest BCUT2D eigenvalue weighted by atomic mass is 10.3. The van der Waals surface area contributed by atoms with E-state index in [0.717, 1.165) is 6.42 Å². The highest BCUT2D eigenvalue weighted by Crippen LogP contribution is 2.12. The molecule has 0 fully saturated rings. The minimum atomic E-state index is -0.663. The standard InChI is InChI=1S/C11H16ClN5O/c1-2-5-15-11(17-10(13)18)16-7-9-8(12)4-3-6-14-9/h3-4,6H,2,5,7H2,1H3,(H4,13,15,16,17,18). The van der Waals surface area contributed by atoms with Crippen LogP contribution < -0.4 is 16.4 Å². The van der Waals surface area contributed by atoms with Gasteiger partial charge in [-0.3, -0.25) is 10.3 Å². The van der Waals surface area contributed by atoms with Gasteiger partial charge in [-0.1, -0.05) is 18.5 Å². The Kier molecular flexibility index (Phi) is 5.93. The SMILES string of the molecule is CCCNC(=NCc1ncccc1Cl)NC(N)=O. The average Bonchev–Trinajstić information content (AvgIpc) is 2.34. The molecule has 7 heteroatoms. The Morgan fingerprint density at radius 3 is 3.00 bits per heavy atom. The van der Waals surface area contributed by atoms with Crippen molar-refractivity contribution in [1.82, 2.24) is 15.6 Å². The van der Waals surface area contributed by atoms with Crippen LogP contribution >= 0.6 is 11.6 Å². The van der Waals surface area contributed by atoms with E-state index in [2.05, 4.69) is 20.6 Å². The van der Waals surface area contributed by atoms with Crippen molar-refractivity contribution in [2.24, 2.45) is 10.7 Å². The number of aliphatic imine (C=N–C) groups is 1. The van der Waals surface area contributed by atoms with Crippen LogP contribution in [0.2, 0.25) is 5.02 Å². The molecule has 1 aromatic rings. The number of halogens is 1. The Balaban J connectivity index is 2.69. The molecule has 0 spiro atoms. The van der Waals surface area contributed by atoms with Crippen molar-refractivity contribution in [3.8, 4) is 0 Å². The van der Waals surface area contributed by atoms with Crippen molar-refractivity contribution >= 4 is 23.6 Å². The third kappa shape index (κ3) is 5.01. The molecule has 6 nitrogen and oxygen atoms in total. The largest absolute Gasteiger partial charge is 0.356 e. The van der Waals surface area contributed by atoms with Gasteiger partial charge in [-0.2, -0.15) is 0 Å². The number of nitrogens with one attached hydrogen (secondary N) is 2. The maximum absolute atomic E-state index is 10.8. The fourth-order valence-electron chi connectivity index (χ4n) is 1.19. The van der Waals surface area contributed by atoms with Crippen LogP contribution in [0.3, 0.4) is 0 Å². The van der Waals surface area contributed by atoms with E-state index in [1.54, 1.807) is 18.3 Å². The minimum absolute atomic E-state index is 0.270. The fraction of sp³-hybridized carbons (Fsp3) is 0.364. The summed E-state index contributed by atoms with van der Waals surface area (Å²) in [5.41, 5.74) is 5.69. The number of carbonyl (C=O) groups is 1. The molecule has 4 N–H and O–H groups in total. The van der Waals surface area contributed by atoms with E-state index in [0.29, 0.717) is 23.2 Å². The number of pyridine rings is 1. The molecule has 2 amide bonds. The van der Waals surface area contributed by atoms with Crippen molar-refractivity contribution in [1.29, 1.82) is 0 Å². The van der Waals surface area contributed by atoms with Crippen LogP contribution in [-0.2, 0) is 6.54 Å². The Hall–Kier alpha value is -1.82. The lowest BCUT2D eigenvalue weighted by Gasteiger charge is -2.09. The van der Waals surface area contributed by atoms with Gasteiger partial charge < -0.3 is 11.1 Å². The molecule has 1 rings (SSSR count).